The first-order valence-corrected chi connectivity index (χ1v) is 9.46. The lowest BCUT2D eigenvalue weighted by Gasteiger charge is -2.20. The van der Waals surface area contributed by atoms with Gasteiger partial charge in [-0.15, -0.1) is 0 Å². The van der Waals surface area contributed by atoms with Crippen molar-refractivity contribution >= 4 is 12.2 Å². The maximum absolute atomic E-state index is 12.1. The highest BCUT2D eigenvalue weighted by atomic mass is 16.7. The quantitative estimate of drug-likeness (QED) is 0.270. The van der Waals surface area contributed by atoms with Crippen molar-refractivity contribution in [3.63, 3.8) is 0 Å². The number of azide groups is 1. The highest BCUT2D eigenvalue weighted by molar-refractivity contribution is 5.67. The summed E-state index contributed by atoms with van der Waals surface area (Å²) in [6, 6.07) is -0.695. The second-order valence-corrected chi connectivity index (χ2v) is 6.65. The van der Waals surface area contributed by atoms with Gasteiger partial charge in [0.1, 0.15) is 25.5 Å². The first-order valence-electron chi connectivity index (χ1n) is 9.46. The van der Waals surface area contributed by atoms with Crippen molar-refractivity contribution in [2.75, 3.05) is 33.4 Å². The Balaban J connectivity index is 1.94. The fourth-order valence-corrected chi connectivity index (χ4v) is 2.80. The lowest BCUT2D eigenvalue weighted by atomic mass is 10.1. The van der Waals surface area contributed by atoms with Crippen LogP contribution in [0.2, 0.25) is 0 Å². The lowest BCUT2D eigenvalue weighted by Crippen LogP contribution is -2.35. The Bertz CT molecular complexity index is 953. The first-order chi connectivity index (χ1) is 14.8. The molecule has 1 aromatic heterocycles. The lowest BCUT2D eigenvalue weighted by molar-refractivity contribution is -0.0347. The molecule has 0 aliphatic carbocycles. The summed E-state index contributed by atoms with van der Waals surface area (Å²) in [6.45, 7) is 3.10. The number of hydrogen-bond acceptors (Lipinski definition) is 9. The van der Waals surface area contributed by atoms with Crippen LogP contribution < -0.4 is 11.2 Å². The SMILES string of the molecule is CCOC(=O)OCCN(C)C(=O)OC[C@H]1O[C@@H](n2cc(C)c(=O)[nH]c2=O)C[C@@H]1N=[N+]=[N-]. The Labute approximate surface area is 176 Å². The Morgan fingerprint density at radius 1 is 1.39 bits per heavy atom. The smallest absolute Gasteiger partial charge is 0.447 e. The van der Waals surface area contributed by atoms with Gasteiger partial charge in [-0.1, -0.05) is 5.11 Å². The minimum absolute atomic E-state index is 0.0671. The van der Waals surface area contributed by atoms with Gasteiger partial charge in [-0.05, 0) is 19.4 Å². The van der Waals surface area contributed by atoms with Gasteiger partial charge < -0.3 is 23.8 Å². The number of carbonyl (C=O) groups excluding carboxylic acids is 2. The largest absolute Gasteiger partial charge is 0.508 e. The van der Waals surface area contributed by atoms with Crippen LogP contribution in [0.25, 0.3) is 10.4 Å². The summed E-state index contributed by atoms with van der Waals surface area (Å²) < 4.78 is 21.5. The minimum Gasteiger partial charge on any atom is -0.447 e. The maximum atomic E-state index is 12.1. The average molecular weight is 440 g/mol. The molecule has 31 heavy (non-hydrogen) atoms. The van der Waals surface area contributed by atoms with Crippen molar-refractivity contribution in [3.8, 4) is 0 Å². The van der Waals surface area contributed by atoms with E-state index in [1.54, 1.807) is 6.92 Å². The molecule has 0 unspecified atom stereocenters. The summed E-state index contributed by atoms with van der Waals surface area (Å²) in [7, 11) is 1.45. The number of aromatic amines is 1. The van der Waals surface area contributed by atoms with Crippen molar-refractivity contribution in [2.24, 2.45) is 5.11 Å². The molecule has 1 N–H and O–H groups in total. The van der Waals surface area contributed by atoms with E-state index in [9.17, 15) is 19.2 Å². The molecule has 1 saturated heterocycles. The fourth-order valence-electron chi connectivity index (χ4n) is 2.80. The molecule has 14 nitrogen and oxygen atoms in total. The second kappa shape index (κ2) is 11.0. The Morgan fingerprint density at radius 2 is 2.13 bits per heavy atom. The molecule has 170 valence electrons. The van der Waals surface area contributed by atoms with E-state index in [-0.39, 0.29) is 32.8 Å². The number of nitrogens with one attached hydrogen (secondary N) is 1. The molecule has 2 heterocycles. The summed E-state index contributed by atoms with van der Waals surface area (Å²) in [6.07, 6.45) is -1.65. The molecule has 2 rings (SSSR count). The molecule has 14 heteroatoms. The number of amides is 1. The Kier molecular flexibility index (Phi) is 8.46. The molecular weight excluding hydrogens is 416 g/mol. The van der Waals surface area contributed by atoms with Gasteiger partial charge in [0.2, 0.25) is 0 Å². The molecule has 1 aromatic rings. The van der Waals surface area contributed by atoms with E-state index in [1.807, 2.05) is 0 Å². The zero-order chi connectivity index (χ0) is 23.0. The van der Waals surface area contributed by atoms with Crippen LogP contribution in [0.4, 0.5) is 9.59 Å². The molecule has 0 radical (unpaired) electrons. The predicted octanol–water partition coefficient (Wildman–Crippen LogP) is 1.05. The molecular formula is C17H24N6O8. The van der Waals surface area contributed by atoms with Gasteiger partial charge in [0, 0.05) is 30.1 Å². The summed E-state index contributed by atoms with van der Waals surface area (Å²) >= 11 is 0. The second-order valence-electron chi connectivity index (χ2n) is 6.65. The zero-order valence-corrected chi connectivity index (χ0v) is 17.3. The number of hydrogen-bond donors (Lipinski definition) is 1. The van der Waals surface area contributed by atoms with E-state index in [2.05, 4.69) is 19.7 Å². The van der Waals surface area contributed by atoms with Gasteiger partial charge in [-0.25, -0.2) is 14.4 Å². The van der Waals surface area contributed by atoms with Crippen LogP contribution in [0.5, 0.6) is 0 Å². The Morgan fingerprint density at radius 3 is 2.81 bits per heavy atom. The maximum Gasteiger partial charge on any atom is 0.508 e. The standard InChI is InChI=1S/C17H24N6O8/c1-4-28-17(27)29-6-5-22(3)16(26)30-9-12-11(20-21-18)7-13(31-12)23-8-10(2)14(24)19-15(23)25/h8,11-13H,4-7,9H2,1-3H3,(H,19,24,25)/t11-,12+,13+/m0/s1. The van der Waals surface area contributed by atoms with Crippen LogP contribution in [0.15, 0.2) is 20.9 Å². The van der Waals surface area contributed by atoms with Crippen molar-refractivity contribution in [1.29, 1.82) is 0 Å². The molecule has 1 aliphatic rings. The van der Waals surface area contributed by atoms with Gasteiger partial charge in [0.25, 0.3) is 5.56 Å². The molecule has 3 atom stereocenters. The summed E-state index contributed by atoms with van der Waals surface area (Å²) in [5, 5.41) is 3.65. The molecule has 1 amide bonds. The molecule has 0 spiro atoms. The third-order valence-electron chi connectivity index (χ3n) is 4.45. The van der Waals surface area contributed by atoms with Gasteiger partial charge >= 0.3 is 17.9 Å². The van der Waals surface area contributed by atoms with Crippen molar-refractivity contribution in [2.45, 2.75) is 38.6 Å². The number of ether oxygens (including phenoxy) is 4. The van der Waals surface area contributed by atoms with Crippen molar-refractivity contribution in [3.05, 3.63) is 43.0 Å². The van der Waals surface area contributed by atoms with Crippen molar-refractivity contribution < 1.29 is 28.5 Å². The van der Waals surface area contributed by atoms with Gasteiger partial charge in [0.15, 0.2) is 0 Å². The number of aryl methyl sites for hydroxylation is 1. The zero-order valence-electron chi connectivity index (χ0n) is 17.3. The monoisotopic (exact) mass is 440 g/mol. The summed E-state index contributed by atoms with van der Waals surface area (Å²) in [5.41, 5.74) is 7.94. The van der Waals surface area contributed by atoms with Crippen LogP contribution >= 0.6 is 0 Å². The predicted molar refractivity (Wildman–Crippen MR) is 104 cm³/mol. The minimum atomic E-state index is -0.834. The summed E-state index contributed by atoms with van der Waals surface area (Å²) in [4.78, 5) is 53.0. The highest BCUT2D eigenvalue weighted by Crippen LogP contribution is 2.30. The highest BCUT2D eigenvalue weighted by Gasteiger charge is 2.37. The number of nitrogens with zero attached hydrogens (tertiary/aromatic N) is 5. The van der Waals surface area contributed by atoms with Crippen molar-refractivity contribution in [1.82, 2.24) is 14.5 Å². The van der Waals surface area contributed by atoms with E-state index in [0.717, 1.165) is 0 Å². The molecule has 0 saturated carbocycles. The number of carbonyl (C=O) groups is 2. The number of H-pyrrole nitrogens is 1. The van der Waals surface area contributed by atoms with Gasteiger partial charge in [-0.3, -0.25) is 14.3 Å². The molecule has 0 aromatic carbocycles. The third-order valence-corrected chi connectivity index (χ3v) is 4.45. The normalized spacial score (nSPS) is 19.9. The average Bonchev–Trinajstić information content (AvgIpc) is 3.11. The summed E-state index contributed by atoms with van der Waals surface area (Å²) in [5.74, 6) is 0. The van der Waals surface area contributed by atoms with Crippen LogP contribution in [0.1, 0.15) is 25.1 Å². The van der Waals surface area contributed by atoms with Gasteiger partial charge in [-0.2, -0.15) is 0 Å². The van der Waals surface area contributed by atoms with Crippen LogP contribution in [-0.2, 0) is 18.9 Å². The van der Waals surface area contributed by atoms with Gasteiger partial charge in [0.05, 0.1) is 19.2 Å². The number of likely N-dealkylation sites (N-methyl/N-ethyl adjacent to an activating group) is 1. The van der Waals surface area contributed by atoms with E-state index in [4.69, 9.17) is 19.7 Å². The van der Waals surface area contributed by atoms with E-state index in [1.165, 1.54) is 29.6 Å². The topological polar surface area (TPSA) is 178 Å². The first kappa shape index (κ1) is 23.8. The third kappa shape index (κ3) is 6.49. The molecule has 0 bridgehead atoms. The molecule has 1 fully saturated rings. The van der Waals surface area contributed by atoms with E-state index < -0.39 is 41.9 Å². The molecule has 1 aliphatic heterocycles. The number of rotatable bonds is 8. The van der Waals surface area contributed by atoms with Crippen LogP contribution in [0.3, 0.4) is 0 Å². The van der Waals surface area contributed by atoms with Crippen LogP contribution in [0, 0.1) is 6.92 Å². The van der Waals surface area contributed by atoms with Crippen LogP contribution in [-0.4, -0.2) is 72.3 Å². The van der Waals surface area contributed by atoms with E-state index in [0.29, 0.717) is 5.56 Å². The fraction of sp³-hybridized carbons (Fsp3) is 0.647. The van der Waals surface area contributed by atoms with E-state index >= 15 is 0 Å². The Hall–Kier alpha value is -3.51. The number of aromatic nitrogens is 2.